The predicted octanol–water partition coefficient (Wildman–Crippen LogP) is 1.91. The summed E-state index contributed by atoms with van der Waals surface area (Å²) in [7, 11) is -1.52. The molecule has 0 amide bonds. The van der Waals surface area contributed by atoms with Crippen LogP contribution in [0.3, 0.4) is 0 Å². The van der Waals surface area contributed by atoms with Crippen molar-refractivity contribution in [2.45, 2.75) is 39.4 Å². The van der Waals surface area contributed by atoms with Crippen molar-refractivity contribution in [1.29, 1.82) is 0 Å². The van der Waals surface area contributed by atoms with Gasteiger partial charge in [-0.2, -0.15) is 0 Å². The number of hydrogen-bond donors (Lipinski definition) is 1. The minimum atomic E-state index is -1.52. The fraction of sp³-hybridized carbons (Fsp3) is 0.857. The number of nitrogens with two attached hydrogens (primary N) is 1. The quantitative estimate of drug-likeness (QED) is 0.306. The minimum Gasteiger partial charge on any atom is -0.454 e. The Bertz CT molecular complexity index is 140. The molecular weight excluding hydrogens is 156 g/mol. The molecule has 0 saturated heterocycles. The third-order valence-electron chi connectivity index (χ3n) is 0.943. The summed E-state index contributed by atoms with van der Waals surface area (Å²) in [6.45, 7) is 8.30. The monoisotopic (exact) mass is 174 g/mol. The Hall–Kier alpha value is -0.513. The van der Waals surface area contributed by atoms with Crippen molar-refractivity contribution >= 4 is 14.2 Å². The van der Waals surface area contributed by atoms with Gasteiger partial charge in [-0.05, 0) is 26.1 Å². The molecular formula is C7H18N2OSi. The maximum atomic E-state index is 5.54. The Morgan fingerprint density at radius 3 is 2.36 bits per heavy atom. The van der Waals surface area contributed by atoms with E-state index in [2.05, 4.69) is 31.7 Å². The van der Waals surface area contributed by atoms with Crippen molar-refractivity contribution < 1.29 is 4.53 Å². The molecule has 0 aliphatic carbocycles. The number of nitrogens with zero attached hydrogens (tertiary/aromatic N) is 1. The van der Waals surface area contributed by atoms with Crippen LogP contribution in [-0.2, 0) is 4.53 Å². The molecule has 11 heavy (non-hydrogen) atoms. The van der Waals surface area contributed by atoms with Crippen LogP contribution >= 0.6 is 0 Å². The van der Waals surface area contributed by atoms with Gasteiger partial charge in [0.2, 0.25) is 0 Å². The lowest BCUT2D eigenvalue weighted by Gasteiger charge is -2.13. The van der Waals surface area contributed by atoms with Crippen LogP contribution in [0.15, 0.2) is 5.16 Å². The first-order valence-corrected chi connectivity index (χ1v) is 7.37. The Kier molecular flexibility index (Phi) is 4.18. The summed E-state index contributed by atoms with van der Waals surface area (Å²) in [5.74, 6) is 0.606. The zero-order valence-corrected chi connectivity index (χ0v) is 8.85. The van der Waals surface area contributed by atoms with Crippen molar-refractivity contribution in [3.8, 4) is 0 Å². The minimum absolute atomic E-state index is 0.606. The smallest absolute Gasteiger partial charge is 0.278 e. The zero-order valence-electron chi connectivity index (χ0n) is 7.85. The highest BCUT2D eigenvalue weighted by atomic mass is 28.4. The molecule has 0 aliphatic heterocycles. The zero-order chi connectivity index (χ0) is 8.91. The van der Waals surface area contributed by atoms with E-state index in [1.54, 1.807) is 0 Å². The van der Waals surface area contributed by atoms with Crippen LogP contribution in [0.4, 0.5) is 0 Å². The van der Waals surface area contributed by atoms with Crippen molar-refractivity contribution in [2.75, 3.05) is 0 Å². The van der Waals surface area contributed by atoms with Gasteiger partial charge >= 0.3 is 0 Å². The van der Waals surface area contributed by atoms with Gasteiger partial charge in [0.15, 0.2) is 0 Å². The number of hydrogen-bond acceptors (Lipinski definition) is 2. The van der Waals surface area contributed by atoms with Crippen LogP contribution in [-0.4, -0.2) is 14.2 Å². The van der Waals surface area contributed by atoms with E-state index in [-0.39, 0.29) is 0 Å². The van der Waals surface area contributed by atoms with Crippen LogP contribution < -0.4 is 5.73 Å². The van der Waals surface area contributed by atoms with Crippen LogP contribution in [0.25, 0.3) is 0 Å². The summed E-state index contributed by atoms with van der Waals surface area (Å²) in [4.78, 5) is 0. The maximum Gasteiger partial charge on any atom is 0.278 e. The molecule has 0 fully saturated rings. The molecule has 0 saturated carbocycles. The molecule has 0 rings (SSSR count). The van der Waals surface area contributed by atoms with Crippen molar-refractivity contribution in [2.24, 2.45) is 10.9 Å². The van der Waals surface area contributed by atoms with E-state index < -0.39 is 8.32 Å². The van der Waals surface area contributed by atoms with E-state index in [1.165, 1.54) is 0 Å². The molecule has 0 aliphatic rings. The lowest BCUT2D eigenvalue weighted by atomic mass is 10.3. The van der Waals surface area contributed by atoms with E-state index in [0.717, 1.165) is 12.8 Å². The molecule has 4 heteroatoms. The van der Waals surface area contributed by atoms with Gasteiger partial charge in [-0.3, -0.25) is 0 Å². The van der Waals surface area contributed by atoms with Crippen molar-refractivity contribution in [3.63, 3.8) is 0 Å². The first-order valence-electron chi connectivity index (χ1n) is 3.96. The first kappa shape index (κ1) is 10.5. The average molecular weight is 174 g/mol. The van der Waals surface area contributed by atoms with Gasteiger partial charge in [0.05, 0.1) is 0 Å². The number of amidine groups is 1. The summed E-state index contributed by atoms with van der Waals surface area (Å²) < 4.78 is 5.25. The second-order valence-electron chi connectivity index (χ2n) is 3.54. The fourth-order valence-electron chi connectivity index (χ4n) is 0.497. The largest absolute Gasteiger partial charge is 0.454 e. The normalized spacial score (nSPS) is 13.3. The Morgan fingerprint density at radius 2 is 2.00 bits per heavy atom. The lowest BCUT2D eigenvalue weighted by molar-refractivity contribution is 0.333. The van der Waals surface area contributed by atoms with E-state index in [9.17, 15) is 0 Å². The molecule has 0 aromatic rings. The van der Waals surface area contributed by atoms with Crippen LogP contribution in [0.2, 0.25) is 19.6 Å². The molecule has 0 aromatic carbocycles. The van der Waals surface area contributed by atoms with Gasteiger partial charge < -0.3 is 10.3 Å². The van der Waals surface area contributed by atoms with Crippen LogP contribution in [0.1, 0.15) is 19.8 Å². The topological polar surface area (TPSA) is 47.6 Å². The lowest BCUT2D eigenvalue weighted by Crippen LogP contribution is -2.24. The second kappa shape index (κ2) is 4.38. The van der Waals surface area contributed by atoms with Crippen molar-refractivity contribution in [1.82, 2.24) is 0 Å². The summed E-state index contributed by atoms with van der Waals surface area (Å²) in [6, 6.07) is 0. The number of oxime groups is 1. The Balaban J connectivity index is 3.73. The molecule has 66 valence electrons. The molecule has 0 radical (unpaired) electrons. The van der Waals surface area contributed by atoms with E-state index >= 15 is 0 Å². The average Bonchev–Trinajstić information content (AvgIpc) is 1.83. The fourth-order valence-corrected chi connectivity index (χ4v) is 0.888. The Morgan fingerprint density at radius 1 is 1.45 bits per heavy atom. The summed E-state index contributed by atoms with van der Waals surface area (Å²) in [6.07, 6.45) is 1.84. The second-order valence-corrected chi connectivity index (χ2v) is 7.94. The van der Waals surface area contributed by atoms with Crippen molar-refractivity contribution in [3.05, 3.63) is 0 Å². The first-order chi connectivity index (χ1) is 4.95. The third-order valence-corrected chi connectivity index (χ3v) is 1.58. The molecule has 0 spiro atoms. The van der Waals surface area contributed by atoms with E-state index in [1.807, 2.05) is 0 Å². The maximum absolute atomic E-state index is 5.54. The van der Waals surface area contributed by atoms with Gasteiger partial charge in [-0.25, -0.2) is 0 Å². The van der Waals surface area contributed by atoms with Gasteiger partial charge in [0, 0.05) is 6.42 Å². The Labute approximate surface area is 69.7 Å². The molecule has 3 nitrogen and oxygen atoms in total. The third kappa shape index (κ3) is 7.38. The predicted molar refractivity (Wildman–Crippen MR) is 51.0 cm³/mol. The highest BCUT2D eigenvalue weighted by Gasteiger charge is 2.15. The van der Waals surface area contributed by atoms with Gasteiger partial charge in [0.25, 0.3) is 8.32 Å². The van der Waals surface area contributed by atoms with Gasteiger partial charge in [-0.1, -0.05) is 12.1 Å². The SMILES string of the molecule is CCC/C(N)=N/O[Si](C)(C)C. The van der Waals surface area contributed by atoms with Crippen LogP contribution in [0, 0.1) is 0 Å². The summed E-state index contributed by atoms with van der Waals surface area (Å²) in [5, 5.41) is 3.84. The standard InChI is InChI=1S/C7H18N2OSi/c1-5-6-7(8)9-10-11(2,3)4/h5-6H2,1-4H3,(H2,8,9). The van der Waals surface area contributed by atoms with Gasteiger partial charge in [0.1, 0.15) is 5.84 Å². The molecule has 2 N–H and O–H groups in total. The molecule has 0 unspecified atom stereocenters. The van der Waals surface area contributed by atoms with Crippen LogP contribution in [0.5, 0.6) is 0 Å². The summed E-state index contributed by atoms with van der Waals surface area (Å²) in [5.41, 5.74) is 5.54. The highest BCUT2D eigenvalue weighted by molar-refractivity contribution is 6.69. The van der Waals surface area contributed by atoms with E-state index in [4.69, 9.17) is 10.3 Å². The van der Waals surface area contributed by atoms with E-state index in [0.29, 0.717) is 5.84 Å². The summed E-state index contributed by atoms with van der Waals surface area (Å²) >= 11 is 0. The molecule has 0 aromatic heterocycles. The molecule has 0 bridgehead atoms. The molecule has 0 heterocycles. The highest BCUT2D eigenvalue weighted by Crippen LogP contribution is 2.02. The van der Waals surface area contributed by atoms with Gasteiger partial charge in [-0.15, -0.1) is 0 Å². The molecule has 0 atom stereocenters. The number of rotatable bonds is 4.